The van der Waals surface area contributed by atoms with Crippen LogP contribution in [0.15, 0.2) is 18.2 Å². The molecule has 0 radical (unpaired) electrons. The fourth-order valence-corrected chi connectivity index (χ4v) is 3.90. The molecule has 1 fully saturated rings. The Morgan fingerprint density at radius 3 is 2.40 bits per heavy atom. The van der Waals surface area contributed by atoms with Crippen molar-refractivity contribution in [3.63, 3.8) is 0 Å². The van der Waals surface area contributed by atoms with Crippen molar-refractivity contribution < 1.29 is 23.1 Å². The van der Waals surface area contributed by atoms with Crippen LogP contribution in [-0.2, 0) is 16.9 Å². The average Bonchev–Trinajstić information content (AvgIpc) is 2.55. The van der Waals surface area contributed by atoms with Gasteiger partial charge in [0, 0.05) is 30.6 Å². The Bertz CT molecular complexity index is 598. The van der Waals surface area contributed by atoms with E-state index in [1.54, 1.807) is 0 Å². The molecular weight excluding hydrogens is 355 g/mol. The van der Waals surface area contributed by atoms with Crippen molar-refractivity contribution in [2.75, 3.05) is 11.4 Å². The standard InChI is InChI=1S/C18H23ClF3NO2/c1-2-23(15-6-3-12(4-7-15)9-17(24)25)16-8-5-14(18(20,21)22)10-13(16)11-19/h5,8,10,12,15H,2-4,6-7,9,11H2,1H3,(H,24,25). The molecule has 0 spiro atoms. The Morgan fingerprint density at radius 2 is 1.92 bits per heavy atom. The summed E-state index contributed by atoms with van der Waals surface area (Å²) in [6.45, 7) is 2.64. The SMILES string of the molecule is CCN(c1ccc(C(F)(F)F)cc1CCl)C1CCC(CC(=O)O)CC1. The molecule has 1 aliphatic carbocycles. The second-order valence-corrected chi connectivity index (χ2v) is 6.80. The number of aliphatic carboxylic acids is 1. The van der Waals surface area contributed by atoms with Crippen molar-refractivity contribution in [2.24, 2.45) is 5.92 Å². The van der Waals surface area contributed by atoms with Crippen LogP contribution in [0.25, 0.3) is 0 Å². The van der Waals surface area contributed by atoms with Crippen LogP contribution in [0.2, 0.25) is 0 Å². The van der Waals surface area contributed by atoms with Crippen molar-refractivity contribution in [1.29, 1.82) is 0 Å². The zero-order valence-corrected chi connectivity index (χ0v) is 14.9. The Hall–Kier alpha value is -1.43. The molecule has 0 atom stereocenters. The molecule has 3 nitrogen and oxygen atoms in total. The van der Waals surface area contributed by atoms with E-state index in [0.29, 0.717) is 12.1 Å². The summed E-state index contributed by atoms with van der Waals surface area (Å²) in [6, 6.07) is 3.94. The summed E-state index contributed by atoms with van der Waals surface area (Å²) in [4.78, 5) is 12.9. The van der Waals surface area contributed by atoms with Crippen LogP contribution >= 0.6 is 11.6 Å². The molecule has 2 rings (SSSR count). The average molecular weight is 378 g/mol. The lowest BCUT2D eigenvalue weighted by Crippen LogP contribution is -2.39. The quantitative estimate of drug-likeness (QED) is 0.683. The van der Waals surface area contributed by atoms with Crippen molar-refractivity contribution in [3.8, 4) is 0 Å². The van der Waals surface area contributed by atoms with Gasteiger partial charge >= 0.3 is 12.1 Å². The first-order valence-electron chi connectivity index (χ1n) is 8.50. The fraction of sp³-hybridized carbons (Fsp3) is 0.611. The van der Waals surface area contributed by atoms with Gasteiger partial charge in [-0.15, -0.1) is 11.6 Å². The maximum atomic E-state index is 12.9. The molecule has 0 aromatic heterocycles. The number of hydrogen-bond donors (Lipinski definition) is 1. The van der Waals surface area contributed by atoms with Crippen LogP contribution in [0.1, 0.15) is 50.2 Å². The predicted molar refractivity (Wildman–Crippen MR) is 92.0 cm³/mol. The first-order valence-corrected chi connectivity index (χ1v) is 9.04. The molecule has 7 heteroatoms. The summed E-state index contributed by atoms with van der Waals surface area (Å²) in [5.74, 6) is -0.570. The molecule has 0 saturated heterocycles. The van der Waals surface area contributed by atoms with E-state index in [1.807, 2.05) is 6.92 Å². The summed E-state index contributed by atoms with van der Waals surface area (Å²) < 4.78 is 38.7. The van der Waals surface area contributed by atoms with Crippen LogP contribution in [0, 0.1) is 5.92 Å². The predicted octanol–water partition coefficient (Wildman–Crippen LogP) is 5.30. The zero-order chi connectivity index (χ0) is 18.6. The van der Waals surface area contributed by atoms with Crippen LogP contribution in [0.5, 0.6) is 0 Å². The summed E-state index contributed by atoms with van der Waals surface area (Å²) in [5, 5.41) is 8.91. The van der Waals surface area contributed by atoms with E-state index in [4.69, 9.17) is 16.7 Å². The van der Waals surface area contributed by atoms with E-state index in [-0.39, 0.29) is 24.3 Å². The maximum Gasteiger partial charge on any atom is 0.416 e. The molecule has 0 amide bonds. The normalized spacial score (nSPS) is 21.2. The molecule has 0 aliphatic heterocycles. The van der Waals surface area contributed by atoms with E-state index < -0.39 is 17.7 Å². The van der Waals surface area contributed by atoms with E-state index in [2.05, 4.69) is 4.90 Å². The molecule has 1 aromatic carbocycles. The molecule has 1 N–H and O–H groups in total. The summed E-state index contributed by atoms with van der Waals surface area (Å²) in [5.41, 5.74) is 0.534. The van der Waals surface area contributed by atoms with Crippen LogP contribution in [0.3, 0.4) is 0 Å². The van der Waals surface area contributed by atoms with Crippen molar-refractivity contribution in [2.45, 2.75) is 57.1 Å². The molecule has 1 saturated carbocycles. The van der Waals surface area contributed by atoms with Gasteiger partial charge in [0.25, 0.3) is 0 Å². The number of benzene rings is 1. The minimum Gasteiger partial charge on any atom is -0.481 e. The highest BCUT2D eigenvalue weighted by molar-refractivity contribution is 6.17. The number of anilines is 1. The summed E-state index contributed by atoms with van der Waals surface area (Å²) in [6.07, 6.45) is -0.866. The van der Waals surface area contributed by atoms with Crippen LogP contribution in [0.4, 0.5) is 18.9 Å². The van der Waals surface area contributed by atoms with Gasteiger partial charge in [-0.25, -0.2) is 0 Å². The largest absolute Gasteiger partial charge is 0.481 e. The lowest BCUT2D eigenvalue weighted by Gasteiger charge is -2.38. The van der Waals surface area contributed by atoms with Gasteiger partial charge < -0.3 is 10.0 Å². The van der Waals surface area contributed by atoms with Crippen LogP contribution in [-0.4, -0.2) is 23.7 Å². The molecule has 0 unspecified atom stereocenters. The number of hydrogen-bond acceptors (Lipinski definition) is 2. The Morgan fingerprint density at radius 1 is 1.28 bits per heavy atom. The van der Waals surface area contributed by atoms with Crippen LogP contribution < -0.4 is 4.90 Å². The molecule has 25 heavy (non-hydrogen) atoms. The van der Waals surface area contributed by atoms with Crippen molar-refractivity contribution in [3.05, 3.63) is 29.3 Å². The highest BCUT2D eigenvalue weighted by atomic mass is 35.5. The van der Waals surface area contributed by atoms with Gasteiger partial charge in [0.15, 0.2) is 0 Å². The third kappa shape index (κ3) is 5.03. The molecule has 1 aromatic rings. The minimum atomic E-state index is -4.38. The summed E-state index contributed by atoms with van der Waals surface area (Å²) >= 11 is 5.92. The van der Waals surface area contributed by atoms with Gasteiger partial charge in [-0.2, -0.15) is 13.2 Å². The van der Waals surface area contributed by atoms with Crippen molar-refractivity contribution >= 4 is 23.3 Å². The maximum absolute atomic E-state index is 12.9. The number of carboxylic acids is 1. The number of carboxylic acid groups (broad SMARTS) is 1. The Balaban J connectivity index is 2.17. The first-order chi connectivity index (χ1) is 11.8. The van der Waals surface area contributed by atoms with Gasteiger partial charge in [0.2, 0.25) is 0 Å². The third-order valence-corrected chi connectivity index (χ3v) is 5.21. The van der Waals surface area contributed by atoms with E-state index in [0.717, 1.165) is 43.5 Å². The van der Waals surface area contributed by atoms with E-state index in [9.17, 15) is 18.0 Å². The first kappa shape index (κ1) is 19.9. The van der Waals surface area contributed by atoms with E-state index in [1.165, 1.54) is 6.07 Å². The Kier molecular flexibility index (Phi) is 6.60. The lowest BCUT2D eigenvalue weighted by molar-refractivity contribution is -0.139. The van der Waals surface area contributed by atoms with E-state index >= 15 is 0 Å². The highest BCUT2D eigenvalue weighted by Crippen LogP contribution is 2.37. The molecule has 140 valence electrons. The lowest BCUT2D eigenvalue weighted by atomic mass is 9.83. The van der Waals surface area contributed by atoms with Gasteiger partial charge in [0.05, 0.1) is 5.56 Å². The monoisotopic (exact) mass is 377 g/mol. The van der Waals surface area contributed by atoms with Gasteiger partial charge in [-0.3, -0.25) is 4.79 Å². The number of carbonyl (C=O) groups is 1. The molecule has 0 heterocycles. The highest BCUT2D eigenvalue weighted by Gasteiger charge is 2.32. The van der Waals surface area contributed by atoms with Gasteiger partial charge in [-0.1, -0.05) is 0 Å². The smallest absolute Gasteiger partial charge is 0.416 e. The number of rotatable bonds is 6. The second-order valence-electron chi connectivity index (χ2n) is 6.53. The summed E-state index contributed by atoms with van der Waals surface area (Å²) in [7, 11) is 0. The minimum absolute atomic E-state index is 0.0180. The van der Waals surface area contributed by atoms with Gasteiger partial charge in [0.1, 0.15) is 0 Å². The molecule has 0 bridgehead atoms. The Labute approximate surface area is 150 Å². The number of alkyl halides is 4. The van der Waals surface area contributed by atoms with Crippen molar-refractivity contribution in [1.82, 2.24) is 0 Å². The number of nitrogens with zero attached hydrogens (tertiary/aromatic N) is 1. The fourth-order valence-electron chi connectivity index (χ4n) is 3.68. The zero-order valence-electron chi connectivity index (χ0n) is 14.2. The molecule has 1 aliphatic rings. The number of halogens is 4. The topological polar surface area (TPSA) is 40.5 Å². The second kappa shape index (κ2) is 8.30. The molecular formula is C18H23ClF3NO2. The third-order valence-electron chi connectivity index (χ3n) is 4.92. The van der Waals surface area contributed by atoms with Gasteiger partial charge in [-0.05, 0) is 62.3 Å².